The van der Waals surface area contributed by atoms with Crippen LogP contribution in [0.3, 0.4) is 0 Å². The summed E-state index contributed by atoms with van der Waals surface area (Å²) in [5.74, 6) is 1.79. The van der Waals surface area contributed by atoms with Crippen LogP contribution in [0, 0.1) is 13.8 Å². The van der Waals surface area contributed by atoms with Crippen LogP contribution in [0.2, 0.25) is 0 Å². The van der Waals surface area contributed by atoms with Crippen molar-refractivity contribution in [2.24, 2.45) is 0 Å². The number of halogens is 1. The molecule has 0 aliphatic rings. The van der Waals surface area contributed by atoms with Crippen molar-refractivity contribution in [1.29, 1.82) is 0 Å². The molecule has 4 heteroatoms. The highest BCUT2D eigenvalue weighted by atomic mass is 79.9. The van der Waals surface area contributed by atoms with E-state index >= 15 is 0 Å². The van der Waals surface area contributed by atoms with Crippen molar-refractivity contribution in [2.45, 2.75) is 33.8 Å². The van der Waals surface area contributed by atoms with Crippen LogP contribution in [0.5, 0.6) is 5.75 Å². The van der Waals surface area contributed by atoms with Gasteiger partial charge in [0.25, 0.3) is 0 Å². The van der Waals surface area contributed by atoms with Crippen LogP contribution in [0.4, 0.5) is 5.82 Å². The van der Waals surface area contributed by atoms with E-state index in [1.54, 1.807) is 6.20 Å². The lowest BCUT2D eigenvalue weighted by Crippen LogP contribution is -2.07. The Morgan fingerprint density at radius 1 is 1.24 bits per heavy atom. The third kappa shape index (κ3) is 4.21. The molecule has 2 aromatic rings. The summed E-state index contributed by atoms with van der Waals surface area (Å²) in [5, 5.41) is 3.33. The number of anilines is 1. The average molecular weight is 349 g/mol. The number of ether oxygens (including phenoxy) is 1. The zero-order valence-corrected chi connectivity index (χ0v) is 14.3. The largest absolute Gasteiger partial charge is 0.489 e. The van der Waals surface area contributed by atoms with Crippen LogP contribution >= 0.6 is 15.9 Å². The molecule has 112 valence electrons. The van der Waals surface area contributed by atoms with Gasteiger partial charge in [0.05, 0.1) is 0 Å². The molecule has 0 fully saturated rings. The monoisotopic (exact) mass is 348 g/mol. The minimum atomic E-state index is 0.514. The second kappa shape index (κ2) is 7.46. The topological polar surface area (TPSA) is 34.2 Å². The molecule has 0 saturated heterocycles. The van der Waals surface area contributed by atoms with Gasteiger partial charge < -0.3 is 10.1 Å². The summed E-state index contributed by atoms with van der Waals surface area (Å²) >= 11 is 3.57. The highest BCUT2D eigenvalue weighted by molar-refractivity contribution is 9.10. The van der Waals surface area contributed by atoms with Crippen molar-refractivity contribution in [2.75, 3.05) is 11.9 Å². The van der Waals surface area contributed by atoms with Gasteiger partial charge >= 0.3 is 0 Å². The first kappa shape index (κ1) is 15.8. The van der Waals surface area contributed by atoms with Crippen LogP contribution in [-0.2, 0) is 6.61 Å². The number of nitrogens with one attached hydrogen (secondary N) is 1. The molecule has 0 atom stereocenters. The summed E-state index contributed by atoms with van der Waals surface area (Å²) in [4.78, 5) is 4.38. The van der Waals surface area contributed by atoms with Gasteiger partial charge in [-0.1, -0.05) is 28.9 Å². The summed E-state index contributed by atoms with van der Waals surface area (Å²) in [6.45, 7) is 7.71. The van der Waals surface area contributed by atoms with E-state index in [0.717, 1.165) is 34.6 Å². The number of benzene rings is 1. The smallest absolute Gasteiger partial charge is 0.132 e. The zero-order chi connectivity index (χ0) is 15.2. The average Bonchev–Trinajstić information content (AvgIpc) is 2.49. The van der Waals surface area contributed by atoms with Crippen molar-refractivity contribution in [3.63, 3.8) is 0 Å². The number of nitrogens with zero attached hydrogens (tertiary/aromatic N) is 1. The molecule has 2 rings (SSSR count). The van der Waals surface area contributed by atoms with Crippen LogP contribution in [0.1, 0.15) is 30.0 Å². The van der Waals surface area contributed by atoms with E-state index in [2.05, 4.69) is 47.0 Å². The van der Waals surface area contributed by atoms with E-state index in [-0.39, 0.29) is 0 Å². The first-order valence-electron chi connectivity index (χ1n) is 7.19. The molecule has 1 aromatic carbocycles. The van der Waals surface area contributed by atoms with Gasteiger partial charge in [0.1, 0.15) is 18.2 Å². The van der Waals surface area contributed by atoms with E-state index in [1.165, 1.54) is 11.1 Å². The van der Waals surface area contributed by atoms with Gasteiger partial charge in [-0.3, -0.25) is 0 Å². The minimum Gasteiger partial charge on any atom is -0.489 e. The number of rotatable bonds is 6. The Balaban J connectivity index is 2.09. The van der Waals surface area contributed by atoms with Crippen molar-refractivity contribution in [1.82, 2.24) is 4.98 Å². The SMILES string of the molecule is CCCNc1ncccc1COc1cc(C)c(Br)c(C)c1. The third-order valence-corrected chi connectivity index (χ3v) is 4.49. The number of pyridine rings is 1. The Hall–Kier alpha value is -1.55. The van der Waals surface area contributed by atoms with Crippen LogP contribution in [0.15, 0.2) is 34.9 Å². The zero-order valence-electron chi connectivity index (χ0n) is 12.7. The molecular formula is C17H21BrN2O. The summed E-state index contributed by atoms with van der Waals surface area (Å²) in [6.07, 6.45) is 2.87. The maximum Gasteiger partial charge on any atom is 0.132 e. The number of hydrogen-bond donors (Lipinski definition) is 1. The first-order valence-corrected chi connectivity index (χ1v) is 7.98. The predicted octanol–water partition coefficient (Wildman–Crippen LogP) is 4.86. The van der Waals surface area contributed by atoms with Crippen LogP contribution in [-0.4, -0.2) is 11.5 Å². The molecule has 0 aliphatic heterocycles. The lowest BCUT2D eigenvalue weighted by molar-refractivity contribution is 0.306. The van der Waals surface area contributed by atoms with Crippen molar-refractivity contribution in [3.8, 4) is 5.75 Å². The fourth-order valence-corrected chi connectivity index (χ4v) is 2.34. The number of hydrogen-bond acceptors (Lipinski definition) is 3. The maximum absolute atomic E-state index is 5.93. The molecule has 21 heavy (non-hydrogen) atoms. The standard InChI is InChI=1S/C17H21BrN2O/c1-4-7-19-17-14(6-5-8-20-17)11-21-15-9-12(2)16(18)13(3)10-15/h5-6,8-10H,4,7,11H2,1-3H3,(H,19,20). The first-order chi connectivity index (χ1) is 10.1. The Labute approximate surface area is 134 Å². The Bertz CT molecular complexity index is 590. The van der Waals surface area contributed by atoms with Crippen LogP contribution < -0.4 is 10.1 Å². The summed E-state index contributed by atoms with van der Waals surface area (Å²) in [6, 6.07) is 8.08. The Morgan fingerprint density at radius 3 is 2.62 bits per heavy atom. The van der Waals surface area contributed by atoms with E-state index in [9.17, 15) is 0 Å². The van der Waals surface area contributed by atoms with Gasteiger partial charge in [-0.2, -0.15) is 0 Å². The molecule has 1 N–H and O–H groups in total. The highest BCUT2D eigenvalue weighted by Crippen LogP contribution is 2.27. The predicted molar refractivity (Wildman–Crippen MR) is 91.0 cm³/mol. The minimum absolute atomic E-state index is 0.514. The molecule has 0 radical (unpaired) electrons. The second-order valence-corrected chi connectivity index (χ2v) is 5.89. The summed E-state index contributed by atoms with van der Waals surface area (Å²) in [7, 11) is 0. The summed E-state index contributed by atoms with van der Waals surface area (Å²) < 4.78 is 7.07. The third-order valence-electron chi connectivity index (χ3n) is 3.24. The van der Waals surface area contributed by atoms with Gasteiger partial charge in [0.15, 0.2) is 0 Å². The van der Waals surface area contributed by atoms with Gasteiger partial charge in [-0.05, 0) is 49.6 Å². The molecule has 1 aromatic heterocycles. The fourth-order valence-electron chi connectivity index (χ4n) is 2.11. The van der Waals surface area contributed by atoms with Crippen molar-refractivity contribution in [3.05, 3.63) is 51.6 Å². The molecule has 1 heterocycles. The van der Waals surface area contributed by atoms with Gasteiger partial charge in [0.2, 0.25) is 0 Å². The van der Waals surface area contributed by atoms with E-state index in [4.69, 9.17) is 4.74 Å². The molecule has 3 nitrogen and oxygen atoms in total. The summed E-state index contributed by atoms with van der Waals surface area (Å²) in [5.41, 5.74) is 3.44. The molecular weight excluding hydrogens is 328 g/mol. The van der Waals surface area contributed by atoms with Crippen LogP contribution in [0.25, 0.3) is 0 Å². The Morgan fingerprint density at radius 2 is 1.95 bits per heavy atom. The lowest BCUT2D eigenvalue weighted by Gasteiger charge is -2.13. The van der Waals surface area contributed by atoms with Gasteiger partial charge in [-0.15, -0.1) is 0 Å². The van der Waals surface area contributed by atoms with Gasteiger partial charge in [-0.25, -0.2) is 4.98 Å². The quantitative estimate of drug-likeness (QED) is 0.809. The molecule has 0 saturated carbocycles. The molecule has 0 aliphatic carbocycles. The number of aryl methyl sites for hydroxylation is 2. The second-order valence-electron chi connectivity index (χ2n) is 5.10. The molecule has 0 bridgehead atoms. The van der Waals surface area contributed by atoms with E-state index in [0.29, 0.717) is 6.61 Å². The van der Waals surface area contributed by atoms with Crippen molar-refractivity contribution >= 4 is 21.7 Å². The van der Waals surface area contributed by atoms with E-state index in [1.807, 2.05) is 24.3 Å². The normalized spacial score (nSPS) is 10.5. The van der Waals surface area contributed by atoms with Gasteiger partial charge in [0, 0.05) is 22.8 Å². The Kier molecular flexibility index (Phi) is 5.62. The fraction of sp³-hybridized carbons (Fsp3) is 0.353. The maximum atomic E-state index is 5.93. The van der Waals surface area contributed by atoms with Crippen molar-refractivity contribution < 1.29 is 4.74 Å². The number of aromatic nitrogens is 1. The highest BCUT2D eigenvalue weighted by Gasteiger charge is 2.06. The van der Waals surface area contributed by atoms with E-state index < -0.39 is 0 Å². The molecule has 0 unspecified atom stereocenters. The molecule has 0 amide bonds. The lowest BCUT2D eigenvalue weighted by atomic mass is 10.1. The molecule has 0 spiro atoms.